The van der Waals surface area contributed by atoms with Crippen molar-refractivity contribution >= 4 is 10.2 Å². The lowest BCUT2D eigenvalue weighted by Crippen LogP contribution is -2.30. The molecule has 0 saturated carbocycles. The van der Waals surface area contributed by atoms with Crippen molar-refractivity contribution in [2.24, 2.45) is 0 Å². The van der Waals surface area contributed by atoms with E-state index in [1.807, 2.05) is 0 Å². The number of unbranched alkanes of at least 4 members (excludes halogenated alkanes) is 1. The maximum atomic E-state index is 5.61. The first kappa shape index (κ1) is 19.1. The highest BCUT2D eigenvalue weighted by Gasteiger charge is 2.03. The minimum atomic E-state index is 0.656. The molecular weight excluding hydrogens is 258 g/mol. The van der Waals surface area contributed by atoms with Crippen LogP contribution < -0.4 is 0 Å². The smallest absolute Gasteiger partial charge is 0.0701 e. The molecule has 0 aromatic rings. The molecule has 0 spiro atoms. The zero-order valence-electron chi connectivity index (χ0n) is 13.2. The molecule has 0 bridgehead atoms. The number of ether oxygens (including phenoxy) is 3. The minimum absolute atomic E-state index is 0.656. The second kappa shape index (κ2) is 16.1. The Morgan fingerprint density at radius 3 is 2.11 bits per heavy atom. The summed E-state index contributed by atoms with van der Waals surface area (Å²) in [6, 6.07) is 1.40. The van der Waals surface area contributed by atoms with Crippen LogP contribution in [0.3, 0.4) is 0 Å². The maximum Gasteiger partial charge on any atom is 0.0701 e. The molecular formula is C14H33NO3Si. The highest BCUT2D eigenvalue weighted by Crippen LogP contribution is 1.98. The van der Waals surface area contributed by atoms with E-state index in [0.29, 0.717) is 26.4 Å². The summed E-state index contributed by atoms with van der Waals surface area (Å²) in [6.07, 6.45) is 3.91. The molecule has 0 amide bonds. The Morgan fingerprint density at radius 2 is 1.47 bits per heavy atom. The Bertz CT molecular complexity index is 165. The molecule has 0 atom stereocenters. The van der Waals surface area contributed by atoms with Crippen LogP contribution in [0.25, 0.3) is 0 Å². The Hall–Kier alpha value is 0.0569. The van der Waals surface area contributed by atoms with E-state index in [9.17, 15) is 0 Å². The lowest BCUT2D eigenvalue weighted by atomic mass is 10.3. The second-order valence-corrected chi connectivity index (χ2v) is 5.77. The molecule has 0 aromatic heterocycles. The van der Waals surface area contributed by atoms with Crippen molar-refractivity contribution in [1.82, 2.24) is 4.90 Å². The molecule has 4 nitrogen and oxygen atoms in total. The minimum Gasteiger partial charge on any atom is -0.382 e. The van der Waals surface area contributed by atoms with Crippen molar-refractivity contribution in [3.8, 4) is 0 Å². The lowest BCUT2D eigenvalue weighted by molar-refractivity contribution is 0.0194. The molecule has 0 unspecified atom stereocenters. The highest BCUT2D eigenvalue weighted by molar-refractivity contribution is 6.08. The lowest BCUT2D eigenvalue weighted by Gasteiger charge is -2.21. The summed E-state index contributed by atoms with van der Waals surface area (Å²) in [4.78, 5) is 2.53. The van der Waals surface area contributed by atoms with Crippen molar-refractivity contribution in [3.63, 3.8) is 0 Å². The van der Waals surface area contributed by atoms with Crippen LogP contribution in [0.4, 0.5) is 0 Å². The van der Waals surface area contributed by atoms with E-state index in [2.05, 4.69) is 11.8 Å². The fraction of sp³-hybridized carbons (Fsp3) is 1.00. The Balaban J connectivity index is 3.40. The molecule has 0 aromatic carbocycles. The molecule has 0 aliphatic rings. The van der Waals surface area contributed by atoms with Crippen molar-refractivity contribution in [3.05, 3.63) is 0 Å². The van der Waals surface area contributed by atoms with Crippen molar-refractivity contribution < 1.29 is 14.2 Å². The Labute approximate surface area is 122 Å². The van der Waals surface area contributed by atoms with Crippen LogP contribution in [0.2, 0.25) is 6.04 Å². The fourth-order valence-corrected chi connectivity index (χ4v) is 2.07. The van der Waals surface area contributed by atoms with E-state index < -0.39 is 0 Å². The molecule has 116 valence electrons. The van der Waals surface area contributed by atoms with Crippen molar-refractivity contribution in [2.45, 2.75) is 32.2 Å². The van der Waals surface area contributed by atoms with Gasteiger partial charge in [-0.15, -0.1) is 0 Å². The topological polar surface area (TPSA) is 30.9 Å². The summed E-state index contributed by atoms with van der Waals surface area (Å²) in [6.45, 7) is 9.23. The van der Waals surface area contributed by atoms with Crippen LogP contribution in [0, 0.1) is 0 Å². The number of hydrogen-bond acceptors (Lipinski definition) is 4. The van der Waals surface area contributed by atoms with Gasteiger partial charge in [-0.1, -0.05) is 19.4 Å². The first-order valence-electron chi connectivity index (χ1n) is 7.71. The number of nitrogens with zero attached hydrogens (tertiary/aromatic N) is 1. The van der Waals surface area contributed by atoms with Gasteiger partial charge in [-0.3, -0.25) is 0 Å². The van der Waals surface area contributed by atoms with Gasteiger partial charge in [-0.2, -0.15) is 0 Å². The molecule has 0 N–H and O–H groups in total. The van der Waals surface area contributed by atoms with Gasteiger partial charge in [0.1, 0.15) is 0 Å². The van der Waals surface area contributed by atoms with Gasteiger partial charge in [0.15, 0.2) is 0 Å². The van der Waals surface area contributed by atoms with Gasteiger partial charge < -0.3 is 19.1 Å². The first-order valence-corrected chi connectivity index (χ1v) is 9.13. The maximum absolute atomic E-state index is 5.61. The quantitative estimate of drug-likeness (QED) is 0.332. The fourth-order valence-electron chi connectivity index (χ4n) is 1.76. The predicted molar refractivity (Wildman–Crippen MR) is 84.2 cm³/mol. The van der Waals surface area contributed by atoms with Gasteiger partial charge in [-0.05, 0) is 25.9 Å². The molecule has 0 radical (unpaired) electrons. The Morgan fingerprint density at radius 1 is 0.842 bits per heavy atom. The normalized spacial score (nSPS) is 11.5. The third kappa shape index (κ3) is 14.3. The zero-order chi connectivity index (χ0) is 14.2. The van der Waals surface area contributed by atoms with E-state index in [4.69, 9.17) is 14.2 Å². The molecule has 0 aliphatic carbocycles. The predicted octanol–water partition coefficient (Wildman–Crippen LogP) is 0.942. The van der Waals surface area contributed by atoms with Gasteiger partial charge in [0.2, 0.25) is 0 Å². The summed E-state index contributed by atoms with van der Waals surface area (Å²) < 4.78 is 15.9. The third-order valence-electron chi connectivity index (χ3n) is 3.01. The molecule has 0 fully saturated rings. The monoisotopic (exact) mass is 291 g/mol. The molecule has 0 heterocycles. The molecule has 19 heavy (non-hydrogen) atoms. The Kier molecular flexibility index (Phi) is 16.2. The first-order chi connectivity index (χ1) is 9.35. The molecule has 5 heteroatoms. The summed E-state index contributed by atoms with van der Waals surface area (Å²) in [5, 5.41) is 0. The zero-order valence-corrected chi connectivity index (χ0v) is 15.2. The number of rotatable bonds is 15. The van der Waals surface area contributed by atoms with Crippen molar-refractivity contribution in [2.75, 3.05) is 59.8 Å². The molecule has 0 saturated heterocycles. The van der Waals surface area contributed by atoms with Gasteiger partial charge in [0.05, 0.1) is 33.0 Å². The molecule has 0 aliphatic heterocycles. The van der Waals surface area contributed by atoms with Gasteiger partial charge in [-0.25, -0.2) is 0 Å². The van der Waals surface area contributed by atoms with E-state index in [1.54, 1.807) is 7.11 Å². The number of methoxy groups -OCH3 is 1. The van der Waals surface area contributed by atoms with Crippen LogP contribution in [-0.2, 0) is 14.2 Å². The average Bonchev–Trinajstić information content (AvgIpc) is 2.43. The summed E-state index contributed by atoms with van der Waals surface area (Å²) in [5.74, 6) is 0. The highest BCUT2D eigenvalue weighted by atomic mass is 28.1. The van der Waals surface area contributed by atoms with Gasteiger partial charge in [0.25, 0.3) is 0 Å². The van der Waals surface area contributed by atoms with E-state index in [0.717, 1.165) is 13.2 Å². The second-order valence-electron chi connectivity index (χ2n) is 4.77. The third-order valence-corrected chi connectivity index (χ3v) is 3.72. The van der Waals surface area contributed by atoms with Crippen LogP contribution in [0.15, 0.2) is 0 Å². The van der Waals surface area contributed by atoms with Crippen LogP contribution in [0.5, 0.6) is 0 Å². The van der Waals surface area contributed by atoms with Crippen molar-refractivity contribution in [1.29, 1.82) is 0 Å². The molecule has 0 rings (SSSR count). The van der Waals surface area contributed by atoms with E-state index >= 15 is 0 Å². The number of hydrogen-bond donors (Lipinski definition) is 0. The summed E-state index contributed by atoms with van der Waals surface area (Å²) >= 11 is 0. The summed E-state index contributed by atoms with van der Waals surface area (Å²) in [5.41, 5.74) is 0. The summed E-state index contributed by atoms with van der Waals surface area (Å²) in [7, 11) is 3.01. The standard InChI is InChI=1S/C14H33NO3Si/c1-3-4-6-15(7-5-14-19)8-9-17-12-13-18-11-10-16-2/h3-14H2,1-2,19H3. The van der Waals surface area contributed by atoms with E-state index in [1.165, 1.54) is 48.6 Å². The van der Waals surface area contributed by atoms with Crippen LogP contribution >= 0.6 is 0 Å². The average molecular weight is 292 g/mol. The SMILES string of the molecule is CCCCN(CCC[SiH3])CCOCCOCCOC. The van der Waals surface area contributed by atoms with Crippen LogP contribution in [0.1, 0.15) is 26.2 Å². The largest absolute Gasteiger partial charge is 0.382 e. The van der Waals surface area contributed by atoms with Gasteiger partial charge in [0, 0.05) is 23.9 Å². The van der Waals surface area contributed by atoms with Gasteiger partial charge >= 0.3 is 0 Å². The van der Waals surface area contributed by atoms with E-state index in [-0.39, 0.29) is 0 Å². The van der Waals surface area contributed by atoms with Crippen LogP contribution in [-0.4, -0.2) is 74.9 Å².